The number of methoxy groups -OCH3 is 1. The highest BCUT2D eigenvalue weighted by atomic mass is 16.5. The van der Waals surface area contributed by atoms with E-state index < -0.39 is 0 Å². The van der Waals surface area contributed by atoms with Gasteiger partial charge >= 0.3 is 0 Å². The molecule has 0 aliphatic carbocycles. The number of para-hydroxylation sites is 2. The minimum Gasteiger partial charge on any atom is -0.495 e. The first-order valence-corrected chi connectivity index (χ1v) is 8.19. The molecule has 1 amide bonds. The third-order valence-corrected chi connectivity index (χ3v) is 4.12. The molecule has 1 heterocycles. The molecule has 4 heteroatoms. The molecule has 1 N–H and O–H groups in total. The molecule has 0 unspecified atom stereocenters. The number of ether oxygens (including phenoxy) is 1. The van der Waals surface area contributed by atoms with Crippen LogP contribution >= 0.6 is 0 Å². The second-order valence-electron chi connectivity index (χ2n) is 5.77. The highest BCUT2D eigenvalue weighted by Gasteiger charge is 2.23. The van der Waals surface area contributed by atoms with E-state index in [0.717, 1.165) is 11.1 Å². The number of hydrogen-bond acceptors (Lipinski definition) is 2. The van der Waals surface area contributed by atoms with Crippen LogP contribution in [0.4, 0.5) is 5.69 Å². The molecular weight excluding hydrogens is 312 g/mol. The summed E-state index contributed by atoms with van der Waals surface area (Å²) in [5, 5.41) is 2.93. The predicted molar refractivity (Wildman–Crippen MR) is 98.4 cm³/mol. The van der Waals surface area contributed by atoms with Crippen molar-refractivity contribution in [2.75, 3.05) is 12.4 Å². The summed E-state index contributed by atoms with van der Waals surface area (Å²) in [5.41, 5.74) is 2.86. The molecule has 25 heavy (non-hydrogen) atoms. The minimum atomic E-state index is -0.353. The number of carbonyl (C=O) groups is 1. The van der Waals surface area contributed by atoms with Crippen molar-refractivity contribution in [2.24, 2.45) is 0 Å². The lowest BCUT2D eigenvalue weighted by Gasteiger charge is -2.12. The molecule has 126 valence electrons. The van der Waals surface area contributed by atoms with Gasteiger partial charge in [0.1, 0.15) is 5.75 Å². The predicted octanol–water partition coefficient (Wildman–Crippen LogP) is 3.85. The van der Waals surface area contributed by atoms with Crippen LogP contribution in [0.15, 0.2) is 79.1 Å². The molecule has 0 saturated heterocycles. The van der Waals surface area contributed by atoms with E-state index in [0.29, 0.717) is 11.4 Å². The Bertz CT molecular complexity index is 863. The van der Waals surface area contributed by atoms with E-state index in [1.54, 1.807) is 7.11 Å². The van der Waals surface area contributed by atoms with Crippen LogP contribution in [-0.2, 0) is 4.79 Å². The van der Waals surface area contributed by atoms with Gasteiger partial charge in [-0.15, -0.1) is 0 Å². The topological polar surface area (TPSA) is 42.2 Å². The number of nitrogens with one attached hydrogen (secondary N) is 1. The quantitative estimate of drug-likeness (QED) is 0.721. The molecule has 0 fully saturated rings. The Morgan fingerprint density at radius 2 is 1.64 bits per heavy atom. The molecule has 1 atom stereocenters. The number of rotatable bonds is 5. The first-order valence-electron chi connectivity index (χ1n) is 8.19. The average molecular weight is 333 g/mol. The van der Waals surface area contributed by atoms with Gasteiger partial charge in [0.05, 0.1) is 12.8 Å². The summed E-state index contributed by atoms with van der Waals surface area (Å²) in [6.07, 6.45) is 3.89. The molecule has 0 radical (unpaired) electrons. The summed E-state index contributed by atoms with van der Waals surface area (Å²) in [7, 11) is 1.59. The van der Waals surface area contributed by atoms with E-state index in [4.69, 9.17) is 4.74 Å². The van der Waals surface area contributed by atoms with E-state index in [-0.39, 0.29) is 11.9 Å². The molecule has 2 aromatic carbocycles. The van der Waals surface area contributed by atoms with Gasteiger partial charge in [-0.1, -0.05) is 42.5 Å². The number of aromatic nitrogens is 1. The SMILES string of the molecule is COc1ccccc1NC(=O)[C@@H](C)[n+]1cccc(-c2ccccc2)c1. The zero-order chi connectivity index (χ0) is 17.6. The standard InChI is InChI=1S/C21H20N2O2/c1-16(21(24)22-19-12-6-7-13-20(19)25-2)23-14-8-11-18(15-23)17-9-4-3-5-10-17/h3-16H,1-2H3/p+1/t16-/m1/s1. The number of carbonyl (C=O) groups excluding carboxylic acids is 1. The Labute approximate surface area is 147 Å². The van der Waals surface area contributed by atoms with Crippen molar-refractivity contribution >= 4 is 11.6 Å². The monoisotopic (exact) mass is 333 g/mol. The largest absolute Gasteiger partial charge is 0.495 e. The lowest BCUT2D eigenvalue weighted by molar-refractivity contribution is -0.705. The Kier molecular flexibility index (Phi) is 5.09. The average Bonchev–Trinajstić information content (AvgIpc) is 2.68. The van der Waals surface area contributed by atoms with E-state index in [1.165, 1.54) is 0 Å². The number of amides is 1. The maximum absolute atomic E-state index is 12.6. The molecule has 0 aliphatic rings. The Balaban J connectivity index is 1.81. The zero-order valence-electron chi connectivity index (χ0n) is 14.3. The van der Waals surface area contributed by atoms with Crippen LogP contribution in [-0.4, -0.2) is 13.0 Å². The van der Waals surface area contributed by atoms with E-state index in [1.807, 2.05) is 78.5 Å². The van der Waals surface area contributed by atoms with Gasteiger partial charge in [-0.3, -0.25) is 4.79 Å². The second-order valence-corrected chi connectivity index (χ2v) is 5.77. The van der Waals surface area contributed by atoms with E-state index >= 15 is 0 Å². The van der Waals surface area contributed by atoms with Gasteiger partial charge in [0, 0.05) is 18.6 Å². The summed E-state index contributed by atoms with van der Waals surface area (Å²) in [6, 6.07) is 21.1. The maximum Gasteiger partial charge on any atom is 0.293 e. The van der Waals surface area contributed by atoms with Gasteiger partial charge in [-0.2, -0.15) is 4.57 Å². The molecule has 0 bridgehead atoms. The van der Waals surface area contributed by atoms with Gasteiger partial charge in [0.25, 0.3) is 5.91 Å². The second kappa shape index (κ2) is 7.62. The number of benzene rings is 2. The van der Waals surface area contributed by atoms with Crippen molar-refractivity contribution in [1.29, 1.82) is 0 Å². The lowest BCUT2D eigenvalue weighted by atomic mass is 10.1. The van der Waals surface area contributed by atoms with Crippen molar-refractivity contribution < 1.29 is 14.1 Å². The molecular formula is C21H21N2O2+. The Morgan fingerprint density at radius 1 is 0.960 bits per heavy atom. The van der Waals surface area contributed by atoms with E-state index in [2.05, 4.69) is 17.4 Å². The van der Waals surface area contributed by atoms with Crippen LogP contribution < -0.4 is 14.6 Å². The minimum absolute atomic E-state index is 0.0975. The van der Waals surface area contributed by atoms with E-state index in [9.17, 15) is 4.79 Å². The maximum atomic E-state index is 12.6. The third kappa shape index (κ3) is 3.86. The summed E-state index contributed by atoms with van der Waals surface area (Å²) in [4.78, 5) is 12.6. The van der Waals surface area contributed by atoms with Gasteiger partial charge in [-0.25, -0.2) is 0 Å². The smallest absolute Gasteiger partial charge is 0.293 e. The van der Waals surface area contributed by atoms with Crippen LogP contribution in [0.1, 0.15) is 13.0 Å². The van der Waals surface area contributed by atoms with Gasteiger partial charge in [0.15, 0.2) is 12.4 Å². The molecule has 4 nitrogen and oxygen atoms in total. The summed E-state index contributed by atoms with van der Waals surface area (Å²) < 4.78 is 7.20. The van der Waals surface area contributed by atoms with Crippen molar-refractivity contribution in [1.82, 2.24) is 0 Å². The third-order valence-electron chi connectivity index (χ3n) is 4.12. The summed E-state index contributed by atoms with van der Waals surface area (Å²) in [5.74, 6) is 0.547. The Morgan fingerprint density at radius 3 is 2.40 bits per heavy atom. The summed E-state index contributed by atoms with van der Waals surface area (Å²) in [6.45, 7) is 1.87. The fourth-order valence-electron chi connectivity index (χ4n) is 2.66. The molecule has 0 saturated carbocycles. The molecule has 3 aromatic rings. The highest BCUT2D eigenvalue weighted by Crippen LogP contribution is 2.23. The number of nitrogens with zero attached hydrogens (tertiary/aromatic N) is 1. The number of anilines is 1. The van der Waals surface area contributed by atoms with Gasteiger partial charge in [-0.05, 0) is 23.8 Å². The number of pyridine rings is 1. The van der Waals surface area contributed by atoms with Gasteiger partial charge < -0.3 is 10.1 Å². The van der Waals surface area contributed by atoms with Crippen molar-refractivity contribution in [3.05, 3.63) is 79.1 Å². The molecule has 0 spiro atoms. The normalized spacial score (nSPS) is 11.6. The van der Waals surface area contributed by atoms with Crippen LogP contribution in [0.5, 0.6) is 5.75 Å². The first-order chi connectivity index (χ1) is 12.2. The number of hydrogen-bond donors (Lipinski definition) is 1. The fourth-order valence-corrected chi connectivity index (χ4v) is 2.66. The van der Waals surface area contributed by atoms with Crippen molar-refractivity contribution in [2.45, 2.75) is 13.0 Å². The van der Waals surface area contributed by atoms with Crippen molar-refractivity contribution in [3.8, 4) is 16.9 Å². The van der Waals surface area contributed by atoms with Crippen LogP contribution in [0.3, 0.4) is 0 Å². The fraction of sp³-hybridized carbons (Fsp3) is 0.143. The Hall–Kier alpha value is -3.14. The zero-order valence-corrected chi connectivity index (χ0v) is 14.3. The first kappa shape index (κ1) is 16.7. The highest BCUT2D eigenvalue weighted by molar-refractivity contribution is 5.93. The lowest BCUT2D eigenvalue weighted by Crippen LogP contribution is -2.44. The molecule has 0 aliphatic heterocycles. The van der Waals surface area contributed by atoms with Crippen molar-refractivity contribution in [3.63, 3.8) is 0 Å². The van der Waals surface area contributed by atoms with Crippen LogP contribution in [0, 0.1) is 0 Å². The molecule has 3 rings (SSSR count). The van der Waals surface area contributed by atoms with Gasteiger partial charge in [0.2, 0.25) is 6.04 Å². The molecule has 1 aromatic heterocycles. The van der Waals surface area contributed by atoms with Crippen LogP contribution in [0.25, 0.3) is 11.1 Å². The van der Waals surface area contributed by atoms with Crippen LogP contribution in [0.2, 0.25) is 0 Å². The summed E-state index contributed by atoms with van der Waals surface area (Å²) >= 11 is 0.